The summed E-state index contributed by atoms with van der Waals surface area (Å²) in [6.45, 7) is 0. The van der Waals surface area contributed by atoms with Crippen molar-refractivity contribution in [2.45, 2.75) is 6.42 Å². The smallest absolute Gasteiger partial charge is 0.181 e. The standard InChI is InChI=1S/C12H7ClFN3/c13-9-3-1-8(2-4-9)5-10-12(14)11(6-15)17-7-16-10/h1-4,7H,5H2. The van der Waals surface area contributed by atoms with E-state index in [1.165, 1.54) is 6.33 Å². The minimum atomic E-state index is -0.662. The van der Waals surface area contributed by atoms with E-state index >= 15 is 0 Å². The lowest BCUT2D eigenvalue weighted by molar-refractivity contribution is 0.590. The van der Waals surface area contributed by atoms with Crippen LogP contribution in [0.4, 0.5) is 4.39 Å². The summed E-state index contributed by atoms with van der Waals surface area (Å²) in [5, 5.41) is 9.27. The van der Waals surface area contributed by atoms with Gasteiger partial charge in [-0.1, -0.05) is 23.7 Å². The van der Waals surface area contributed by atoms with E-state index in [4.69, 9.17) is 16.9 Å². The molecule has 0 aliphatic carbocycles. The molecule has 0 aliphatic rings. The Kier molecular flexibility index (Phi) is 3.31. The van der Waals surface area contributed by atoms with Gasteiger partial charge in [-0.05, 0) is 17.7 Å². The van der Waals surface area contributed by atoms with E-state index in [1.807, 2.05) is 0 Å². The van der Waals surface area contributed by atoms with Gasteiger partial charge < -0.3 is 0 Å². The maximum Gasteiger partial charge on any atom is 0.181 e. The summed E-state index contributed by atoms with van der Waals surface area (Å²) in [6, 6.07) is 8.71. The fourth-order valence-corrected chi connectivity index (χ4v) is 1.53. The Morgan fingerprint density at radius 2 is 1.94 bits per heavy atom. The molecule has 0 atom stereocenters. The third-order valence-corrected chi connectivity index (χ3v) is 2.50. The van der Waals surface area contributed by atoms with Crippen LogP contribution in [-0.4, -0.2) is 9.97 Å². The largest absolute Gasteiger partial charge is 0.238 e. The lowest BCUT2D eigenvalue weighted by Gasteiger charge is -2.03. The van der Waals surface area contributed by atoms with Crippen molar-refractivity contribution < 1.29 is 4.39 Å². The van der Waals surface area contributed by atoms with Crippen molar-refractivity contribution in [2.24, 2.45) is 0 Å². The summed E-state index contributed by atoms with van der Waals surface area (Å²) in [5.41, 5.74) is 0.846. The Morgan fingerprint density at radius 3 is 2.59 bits per heavy atom. The molecule has 1 aromatic carbocycles. The zero-order valence-electron chi connectivity index (χ0n) is 8.69. The summed E-state index contributed by atoms with van der Waals surface area (Å²) >= 11 is 5.75. The molecular formula is C12H7ClFN3. The van der Waals surface area contributed by atoms with Crippen LogP contribution in [0.25, 0.3) is 0 Å². The first-order valence-corrected chi connectivity index (χ1v) is 5.22. The predicted molar refractivity (Wildman–Crippen MR) is 61.0 cm³/mol. The lowest BCUT2D eigenvalue weighted by Crippen LogP contribution is -2.01. The summed E-state index contributed by atoms with van der Waals surface area (Å²) < 4.78 is 13.7. The van der Waals surface area contributed by atoms with Gasteiger partial charge in [0, 0.05) is 11.4 Å². The van der Waals surface area contributed by atoms with Crippen molar-refractivity contribution in [1.82, 2.24) is 9.97 Å². The van der Waals surface area contributed by atoms with Gasteiger partial charge in [-0.2, -0.15) is 5.26 Å². The highest BCUT2D eigenvalue weighted by atomic mass is 35.5. The summed E-state index contributed by atoms with van der Waals surface area (Å²) in [5.74, 6) is -0.662. The van der Waals surface area contributed by atoms with E-state index in [2.05, 4.69) is 9.97 Å². The van der Waals surface area contributed by atoms with Crippen molar-refractivity contribution in [1.29, 1.82) is 5.26 Å². The van der Waals surface area contributed by atoms with Gasteiger partial charge >= 0.3 is 0 Å². The van der Waals surface area contributed by atoms with Gasteiger partial charge in [0.05, 0.1) is 5.69 Å². The average Bonchev–Trinajstić information content (AvgIpc) is 2.35. The van der Waals surface area contributed by atoms with Gasteiger partial charge in [-0.25, -0.2) is 14.4 Å². The molecule has 0 bridgehead atoms. The quantitative estimate of drug-likeness (QED) is 0.820. The third-order valence-electron chi connectivity index (χ3n) is 2.25. The van der Waals surface area contributed by atoms with Crippen molar-refractivity contribution in [2.75, 3.05) is 0 Å². The number of aromatic nitrogens is 2. The SMILES string of the molecule is N#Cc1ncnc(Cc2ccc(Cl)cc2)c1F. The molecule has 2 aromatic rings. The molecule has 3 nitrogen and oxygen atoms in total. The van der Waals surface area contributed by atoms with Gasteiger partial charge in [0.15, 0.2) is 11.5 Å². The first-order chi connectivity index (χ1) is 8.20. The highest BCUT2D eigenvalue weighted by Crippen LogP contribution is 2.15. The number of nitriles is 1. The maximum absolute atomic E-state index is 13.7. The Hall–Kier alpha value is -1.99. The van der Waals surface area contributed by atoms with E-state index in [9.17, 15) is 4.39 Å². The number of nitrogens with zero attached hydrogens (tertiary/aromatic N) is 3. The molecule has 0 spiro atoms. The molecule has 1 aromatic heterocycles. The normalized spacial score (nSPS) is 9.94. The predicted octanol–water partition coefficient (Wildman–Crippen LogP) is 2.73. The number of benzene rings is 1. The van der Waals surface area contributed by atoms with Gasteiger partial charge in [-0.3, -0.25) is 0 Å². The number of rotatable bonds is 2. The zero-order chi connectivity index (χ0) is 12.3. The Morgan fingerprint density at radius 1 is 1.24 bits per heavy atom. The highest BCUT2D eigenvalue weighted by molar-refractivity contribution is 6.30. The number of hydrogen-bond donors (Lipinski definition) is 0. The van der Waals surface area contributed by atoms with Crippen molar-refractivity contribution in [3.05, 3.63) is 58.4 Å². The molecule has 17 heavy (non-hydrogen) atoms. The number of halogens is 2. The topological polar surface area (TPSA) is 49.6 Å². The summed E-state index contributed by atoms with van der Waals surface area (Å²) in [4.78, 5) is 7.38. The molecule has 1 heterocycles. The van der Waals surface area contributed by atoms with Crippen LogP contribution in [0.15, 0.2) is 30.6 Å². The van der Waals surface area contributed by atoms with Crippen LogP contribution >= 0.6 is 11.6 Å². The van der Waals surface area contributed by atoms with Crippen LogP contribution in [0.3, 0.4) is 0 Å². The van der Waals surface area contributed by atoms with Crippen molar-refractivity contribution in [3.8, 4) is 6.07 Å². The van der Waals surface area contributed by atoms with Crippen molar-refractivity contribution in [3.63, 3.8) is 0 Å². The zero-order valence-corrected chi connectivity index (χ0v) is 9.45. The van der Waals surface area contributed by atoms with E-state index in [0.717, 1.165) is 5.56 Å². The van der Waals surface area contributed by atoms with Crippen LogP contribution in [-0.2, 0) is 6.42 Å². The molecule has 0 N–H and O–H groups in total. The Balaban J connectivity index is 2.31. The first-order valence-electron chi connectivity index (χ1n) is 4.84. The van der Waals surface area contributed by atoms with E-state index in [1.54, 1.807) is 30.3 Å². The monoisotopic (exact) mass is 247 g/mol. The Labute approximate surface area is 103 Å². The molecular weight excluding hydrogens is 241 g/mol. The minimum Gasteiger partial charge on any atom is -0.238 e. The second-order valence-electron chi connectivity index (χ2n) is 3.40. The van der Waals surface area contributed by atoms with Crippen LogP contribution in [0.1, 0.15) is 17.0 Å². The van der Waals surface area contributed by atoms with Crippen LogP contribution in [0.5, 0.6) is 0 Å². The summed E-state index contributed by atoms with van der Waals surface area (Å²) in [7, 11) is 0. The molecule has 0 saturated heterocycles. The first kappa shape index (κ1) is 11.5. The van der Waals surface area contributed by atoms with E-state index < -0.39 is 5.82 Å². The second-order valence-corrected chi connectivity index (χ2v) is 3.83. The van der Waals surface area contributed by atoms with Crippen molar-refractivity contribution >= 4 is 11.6 Å². The van der Waals surface area contributed by atoms with E-state index in [0.29, 0.717) is 11.4 Å². The van der Waals surface area contributed by atoms with Gasteiger partial charge in [0.25, 0.3) is 0 Å². The molecule has 0 amide bonds. The minimum absolute atomic E-state index is 0.207. The van der Waals surface area contributed by atoms with Gasteiger partial charge in [-0.15, -0.1) is 0 Å². The van der Waals surface area contributed by atoms with Crippen LogP contribution < -0.4 is 0 Å². The molecule has 2 rings (SSSR count). The molecule has 0 unspecified atom stereocenters. The fourth-order valence-electron chi connectivity index (χ4n) is 1.40. The molecule has 0 fully saturated rings. The van der Waals surface area contributed by atoms with Crippen LogP contribution in [0.2, 0.25) is 5.02 Å². The molecule has 84 valence electrons. The highest BCUT2D eigenvalue weighted by Gasteiger charge is 2.10. The molecule has 0 radical (unpaired) electrons. The van der Waals surface area contributed by atoms with E-state index in [-0.39, 0.29) is 11.4 Å². The Bertz CT molecular complexity index is 575. The average molecular weight is 248 g/mol. The molecule has 0 saturated carbocycles. The summed E-state index contributed by atoms with van der Waals surface area (Å²) in [6.07, 6.45) is 1.49. The lowest BCUT2D eigenvalue weighted by atomic mass is 10.1. The third kappa shape index (κ3) is 2.58. The molecule has 5 heteroatoms. The molecule has 0 aliphatic heterocycles. The number of hydrogen-bond acceptors (Lipinski definition) is 3. The van der Waals surface area contributed by atoms with Gasteiger partial charge in [0.2, 0.25) is 0 Å². The fraction of sp³-hybridized carbons (Fsp3) is 0.0833. The van der Waals surface area contributed by atoms with Crippen LogP contribution in [0, 0.1) is 17.1 Å². The second kappa shape index (κ2) is 4.89. The maximum atomic E-state index is 13.7. The van der Waals surface area contributed by atoms with Gasteiger partial charge in [0.1, 0.15) is 12.4 Å².